The summed E-state index contributed by atoms with van der Waals surface area (Å²) in [6, 6.07) is 32.6. The van der Waals surface area contributed by atoms with E-state index in [1.165, 1.54) is 16.7 Å². The molecule has 0 unspecified atom stereocenters. The van der Waals surface area contributed by atoms with Crippen LogP contribution in [0.1, 0.15) is 29.0 Å². The fraction of sp³-hybridized carbons (Fsp3) is 0.280. The summed E-state index contributed by atoms with van der Waals surface area (Å²) in [6.45, 7) is 1.78. The van der Waals surface area contributed by atoms with Gasteiger partial charge in [-0.25, -0.2) is 0 Å². The van der Waals surface area contributed by atoms with Crippen molar-refractivity contribution in [1.82, 2.24) is 5.32 Å². The smallest absolute Gasteiger partial charge is 0.0700 e. The predicted molar refractivity (Wildman–Crippen MR) is 111 cm³/mol. The summed E-state index contributed by atoms with van der Waals surface area (Å²) in [5.74, 6) is 0.285. The van der Waals surface area contributed by atoms with Crippen molar-refractivity contribution in [3.05, 3.63) is 108 Å². The molecule has 1 N–H and O–H groups in total. The summed E-state index contributed by atoms with van der Waals surface area (Å²) >= 11 is 0. The molecule has 27 heavy (non-hydrogen) atoms. The van der Waals surface area contributed by atoms with Gasteiger partial charge in [0.25, 0.3) is 0 Å². The Kier molecular flexibility index (Phi) is 5.98. The van der Waals surface area contributed by atoms with Crippen molar-refractivity contribution >= 4 is 0 Å². The third-order valence-corrected chi connectivity index (χ3v) is 5.41. The van der Waals surface area contributed by atoms with Crippen molar-refractivity contribution < 1.29 is 4.74 Å². The fourth-order valence-corrected chi connectivity index (χ4v) is 4.04. The van der Waals surface area contributed by atoms with E-state index in [2.05, 4.69) is 96.3 Å². The summed E-state index contributed by atoms with van der Waals surface area (Å²) in [6.07, 6.45) is 2.32. The van der Waals surface area contributed by atoms with E-state index in [0.717, 1.165) is 26.0 Å². The van der Waals surface area contributed by atoms with Gasteiger partial charge in [0.1, 0.15) is 0 Å². The molecule has 1 aliphatic heterocycles. The number of hydrogen-bond donors (Lipinski definition) is 1. The van der Waals surface area contributed by atoms with Gasteiger partial charge in [-0.1, -0.05) is 91.0 Å². The molecule has 1 fully saturated rings. The van der Waals surface area contributed by atoms with Gasteiger partial charge in [-0.2, -0.15) is 0 Å². The third kappa shape index (κ3) is 4.65. The Morgan fingerprint density at radius 2 is 1.33 bits per heavy atom. The minimum absolute atomic E-state index is 0.212. The van der Waals surface area contributed by atoms with Crippen LogP contribution in [-0.4, -0.2) is 25.3 Å². The molecule has 1 aliphatic rings. The topological polar surface area (TPSA) is 21.3 Å². The molecular formula is C25H27NO. The lowest BCUT2D eigenvalue weighted by Gasteiger charge is -2.24. The number of rotatable bonds is 7. The van der Waals surface area contributed by atoms with Crippen LogP contribution in [0, 0.1) is 0 Å². The quantitative estimate of drug-likeness (QED) is 0.655. The van der Waals surface area contributed by atoms with E-state index in [1.807, 2.05) is 0 Å². The molecular weight excluding hydrogens is 330 g/mol. The lowest BCUT2D eigenvalue weighted by molar-refractivity contribution is 0.0960. The maximum Gasteiger partial charge on any atom is 0.0700 e. The van der Waals surface area contributed by atoms with Crippen molar-refractivity contribution in [2.75, 3.05) is 13.2 Å². The van der Waals surface area contributed by atoms with Crippen molar-refractivity contribution in [2.45, 2.75) is 30.9 Å². The van der Waals surface area contributed by atoms with Gasteiger partial charge in [0.15, 0.2) is 0 Å². The maximum atomic E-state index is 6.28. The van der Waals surface area contributed by atoms with Crippen LogP contribution in [-0.2, 0) is 11.2 Å². The summed E-state index contributed by atoms with van der Waals surface area (Å²) in [5, 5.41) is 3.69. The molecule has 3 aromatic rings. The van der Waals surface area contributed by atoms with Gasteiger partial charge < -0.3 is 10.1 Å². The molecule has 0 bridgehead atoms. The van der Waals surface area contributed by atoms with Gasteiger partial charge in [-0.3, -0.25) is 0 Å². The Hall–Kier alpha value is -2.42. The fourth-order valence-electron chi connectivity index (χ4n) is 4.04. The molecule has 0 saturated carbocycles. The number of benzene rings is 3. The van der Waals surface area contributed by atoms with E-state index in [9.17, 15) is 0 Å². The standard InChI is InChI=1S/C25H27NO/c1-4-10-20(11-5-1)16-17-26-23-18-24(27-19-23)25(21-12-6-2-7-13-21)22-14-8-3-9-15-22/h1-15,23-26H,16-19H2/t23-,24-/m0/s1. The molecule has 0 amide bonds. The predicted octanol–water partition coefficient (Wildman–Crippen LogP) is 4.81. The number of hydrogen-bond acceptors (Lipinski definition) is 2. The van der Waals surface area contributed by atoms with E-state index < -0.39 is 0 Å². The zero-order valence-corrected chi connectivity index (χ0v) is 15.6. The van der Waals surface area contributed by atoms with Gasteiger partial charge in [0.05, 0.1) is 12.7 Å². The minimum Gasteiger partial charge on any atom is -0.376 e. The number of ether oxygens (including phenoxy) is 1. The lowest BCUT2D eigenvalue weighted by Crippen LogP contribution is -2.31. The normalized spacial score (nSPS) is 19.4. The van der Waals surface area contributed by atoms with Gasteiger partial charge in [-0.05, 0) is 36.1 Å². The SMILES string of the molecule is c1ccc(CCN[C@@H]2CO[C@H](C(c3ccccc3)c3ccccc3)C2)cc1. The molecule has 0 aliphatic carbocycles. The molecule has 0 spiro atoms. The van der Waals surface area contributed by atoms with Gasteiger partial charge in [0, 0.05) is 12.0 Å². The Morgan fingerprint density at radius 3 is 1.93 bits per heavy atom. The zero-order valence-electron chi connectivity index (χ0n) is 15.6. The van der Waals surface area contributed by atoms with E-state index in [4.69, 9.17) is 4.74 Å². The Balaban J connectivity index is 1.40. The largest absolute Gasteiger partial charge is 0.376 e. The monoisotopic (exact) mass is 357 g/mol. The van der Waals surface area contributed by atoms with E-state index >= 15 is 0 Å². The van der Waals surface area contributed by atoms with Gasteiger partial charge >= 0.3 is 0 Å². The van der Waals surface area contributed by atoms with Crippen molar-refractivity contribution in [2.24, 2.45) is 0 Å². The second-order valence-electron chi connectivity index (χ2n) is 7.29. The zero-order chi connectivity index (χ0) is 18.3. The highest BCUT2D eigenvalue weighted by atomic mass is 16.5. The van der Waals surface area contributed by atoms with Crippen LogP contribution in [0.5, 0.6) is 0 Å². The Labute approximate surface area is 162 Å². The molecule has 1 saturated heterocycles. The molecule has 2 nitrogen and oxygen atoms in total. The molecule has 0 aromatic heterocycles. The average Bonchev–Trinajstić information content (AvgIpc) is 3.19. The third-order valence-electron chi connectivity index (χ3n) is 5.41. The first kappa shape index (κ1) is 18.0. The second kappa shape index (κ2) is 8.98. The van der Waals surface area contributed by atoms with Crippen LogP contribution >= 0.6 is 0 Å². The summed E-state index contributed by atoms with van der Waals surface area (Å²) < 4.78 is 6.28. The first-order valence-corrected chi connectivity index (χ1v) is 9.89. The molecule has 4 rings (SSSR count). The number of nitrogens with one attached hydrogen (secondary N) is 1. The molecule has 3 aromatic carbocycles. The van der Waals surface area contributed by atoms with Crippen LogP contribution in [0.4, 0.5) is 0 Å². The summed E-state index contributed by atoms with van der Waals surface area (Å²) in [4.78, 5) is 0. The van der Waals surface area contributed by atoms with Crippen LogP contribution in [0.3, 0.4) is 0 Å². The van der Waals surface area contributed by atoms with Crippen LogP contribution in [0.25, 0.3) is 0 Å². The highest BCUT2D eigenvalue weighted by Gasteiger charge is 2.33. The summed E-state index contributed by atoms with van der Waals surface area (Å²) in [7, 11) is 0. The van der Waals surface area contributed by atoms with E-state index in [1.54, 1.807) is 0 Å². The Bertz CT molecular complexity index is 764. The van der Waals surface area contributed by atoms with E-state index in [-0.39, 0.29) is 12.0 Å². The average molecular weight is 357 g/mol. The lowest BCUT2D eigenvalue weighted by atomic mass is 9.85. The van der Waals surface area contributed by atoms with Gasteiger partial charge in [0.2, 0.25) is 0 Å². The first-order valence-electron chi connectivity index (χ1n) is 9.89. The first-order chi connectivity index (χ1) is 13.4. The summed E-state index contributed by atoms with van der Waals surface area (Å²) in [5.41, 5.74) is 4.05. The molecule has 138 valence electrons. The second-order valence-corrected chi connectivity index (χ2v) is 7.29. The maximum absolute atomic E-state index is 6.28. The molecule has 2 heteroatoms. The van der Waals surface area contributed by atoms with Crippen LogP contribution in [0.15, 0.2) is 91.0 Å². The van der Waals surface area contributed by atoms with Crippen LogP contribution < -0.4 is 5.32 Å². The van der Waals surface area contributed by atoms with E-state index in [0.29, 0.717) is 6.04 Å². The van der Waals surface area contributed by atoms with Crippen molar-refractivity contribution in [3.63, 3.8) is 0 Å². The minimum atomic E-state index is 0.212. The highest BCUT2D eigenvalue weighted by molar-refractivity contribution is 5.34. The van der Waals surface area contributed by atoms with Crippen molar-refractivity contribution in [3.8, 4) is 0 Å². The molecule has 1 heterocycles. The Morgan fingerprint density at radius 1 is 0.778 bits per heavy atom. The molecule has 2 atom stereocenters. The molecule has 0 radical (unpaired) electrons. The van der Waals surface area contributed by atoms with Crippen molar-refractivity contribution in [1.29, 1.82) is 0 Å². The highest BCUT2D eigenvalue weighted by Crippen LogP contribution is 2.34. The van der Waals surface area contributed by atoms with Crippen LogP contribution in [0.2, 0.25) is 0 Å². The van der Waals surface area contributed by atoms with Gasteiger partial charge in [-0.15, -0.1) is 0 Å².